The Morgan fingerprint density at radius 2 is 1.58 bits per heavy atom. The summed E-state index contributed by atoms with van der Waals surface area (Å²) in [6.07, 6.45) is 0. The summed E-state index contributed by atoms with van der Waals surface area (Å²) in [4.78, 5) is 30.1. The van der Waals surface area contributed by atoms with Crippen LogP contribution in [0.2, 0.25) is 0 Å². The number of benzene rings is 2. The van der Waals surface area contributed by atoms with Gasteiger partial charge in [0, 0.05) is 11.3 Å². The molecular formula is C25H28N2O3S. The molecule has 0 aliphatic rings. The van der Waals surface area contributed by atoms with Crippen molar-refractivity contribution < 1.29 is 14.3 Å². The number of hydrogen-bond donors (Lipinski definition) is 1. The lowest BCUT2D eigenvalue weighted by Gasteiger charge is -2.20. The van der Waals surface area contributed by atoms with Crippen molar-refractivity contribution in [3.63, 3.8) is 0 Å². The molecule has 0 spiro atoms. The average molecular weight is 437 g/mol. The number of amides is 1. The fourth-order valence-corrected chi connectivity index (χ4v) is 4.32. The van der Waals surface area contributed by atoms with Gasteiger partial charge in [-0.3, -0.25) is 4.79 Å². The van der Waals surface area contributed by atoms with E-state index in [1.165, 1.54) is 11.3 Å². The van der Waals surface area contributed by atoms with E-state index < -0.39 is 5.97 Å². The van der Waals surface area contributed by atoms with Gasteiger partial charge in [0.1, 0.15) is 9.88 Å². The quantitative estimate of drug-likeness (QED) is 0.450. The van der Waals surface area contributed by atoms with Crippen LogP contribution in [0.1, 0.15) is 66.0 Å². The molecule has 1 heterocycles. The summed E-state index contributed by atoms with van der Waals surface area (Å²) >= 11 is 1.27. The Labute approximate surface area is 187 Å². The van der Waals surface area contributed by atoms with E-state index in [-0.39, 0.29) is 24.3 Å². The fourth-order valence-electron chi connectivity index (χ4n) is 3.36. The molecule has 0 fully saturated rings. The van der Waals surface area contributed by atoms with Crippen LogP contribution in [0, 0.1) is 6.92 Å². The molecule has 0 radical (unpaired) electrons. The van der Waals surface area contributed by atoms with Gasteiger partial charge in [0.25, 0.3) is 5.91 Å². The Morgan fingerprint density at radius 3 is 2.16 bits per heavy atom. The Bertz CT molecular complexity index is 1050. The molecule has 0 saturated carbocycles. The van der Waals surface area contributed by atoms with Crippen molar-refractivity contribution in [2.24, 2.45) is 0 Å². The van der Waals surface area contributed by atoms with Gasteiger partial charge in [-0.15, -0.1) is 11.3 Å². The second-order valence-corrected chi connectivity index (χ2v) is 9.04. The number of rotatable bonds is 7. The summed E-state index contributed by atoms with van der Waals surface area (Å²) in [5, 5.41) is 3.72. The highest BCUT2D eigenvalue weighted by Crippen LogP contribution is 2.32. The first kappa shape index (κ1) is 22.7. The SMILES string of the molecule is Cc1nc(-c2ccccc2)sc1C(=O)OCC(=O)Nc1c(C(C)C)cccc1C(C)C. The summed E-state index contributed by atoms with van der Waals surface area (Å²) in [7, 11) is 0. The molecule has 0 unspecified atom stereocenters. The van der Waals surface area contributed by atoms with Crippen LogP contribution >= 0.6 is 11.3 Å². The van der Waals surface area contributed by atoms with E-state index in [4.69, 9.17) is 4.74 Å². The first-order valence-electron chi connectivity index (χ1n) is 10.4. The molecule has 0 saturated heterocycles. The highest BCUT2D eigenvalue weighted by atomic mass is 32.1. The lowest BCUT2D eigenvalue weighted by atomic mass is 9.92. The third kappa shape index (κ3) is 5.39. The van der Waals surface area contributed by atoms with Crippen molar-refractivity contribution in [1.29, 1.82) is 0 Å². The number of hydrogen-bond acceptors (Lipinski definition) is 5. The normalized spacial score (nSPS) is 11.1. The van der Waals surface area contributed by atoms with Crippen LogP contribution in [0.15, 0.2) is 48.5 Å². The summed E-state index contributed by atoms with van der Waals surface area (Å²) in [6, 6.07) is 15.7. The van der Waals surface area contributed by atoms with Gasteiger partial charge >= 0.3 is 5.97 Å². The van der Waals surface area contributed by atoms with Gasteiger partial charge < -0.3 is 10.1 Å². The zero-order valence-corrected chi connectivity index (χ0v) is 19.4. The van der Waals surface area contributed by atoms with Crippen LogP contribution in [0.5, 0.6) is 0 Å². The lowest BCUT2D eigenvalue weighted by molar-refractivity contribution is -0.119. The van der Waals surface area contributed by atoms with Crippen LogP contribution in [0.25, 0.3) is 10.6 Å². The number of carbonyl (C=O) groups excluding carboxylic acids is 2. The van der Waals surface area contributed by atoms with Gasteiger partial charge in [-0.2, -0.15) is 0 Å². The molecule has 1 N–H and O–H groups in total. The van der Waals surface area contributed by atoms with E-state index in [0.29, 0.717) is 10.6 Å². The second kappa shape index (κ2) is 9.88. The van der Waals surface area contributed by atoms with Gasteiger partial charge in [0.2, 0.25) is 0 Å². The Kier molecular flexibility index (Phi) is 7.23. The first-order valence-corrected chi connectivity index (χ1v) is 11.2. The maximum atomic E-state index is 12.6. The number of carbonyl (C=O) groups is 2. The maximum absolute atomic E-state index is 12.6. The Morgan fingerprint density at radius 1 is 0.968 bits per heavy atom. The molecule has 0 aliphatic heterocycles. The predicted octanol–water partition coefficient (Wildman–Crippen LogP) is 6.16. The Hall–Kier alpha value is -2.99. The molecular weight excluding hydrogens is 408 g/mol. The molecule has 6 heteroatoms. The number of para-hydroxylation sites is 1. The van der Waals surface area contributed by atoms with E-state index in [2.05, 4.69) is 38.0 Å². The van der Waals surface area contributed by atoms with Gasteiger partial charge in [0.05, 0.1) is 5.69 Å². The fraction of sp³-hybridized carbons (Fsp3) is 0.320. The molecule has 31 heavy (non-hydrogen) atoms. The second-order valence-electron chi connectivity index (χ2n) is 8.04. The monoisotopic (exact) mass is 436 g/mol. The Balaban J connectivity index is 1.70. The van der Waals surface area contributed by atoms with Crippen molar-refractivity contribution in [3.05, 3.63) is 70.2 Å². The lowest BCUT2D eigenvalue weighted by Crippen LogP contribution is -2.22. The van der Waals surface area contributed by atoms with Gasteiger partial charge in [0.15, 0.2) is 6.61 Å². The van der Waals surface area contributed by atoms with Crippen molar-refractivity contribution in [1.82, 2.24) is 4.98 Å². The minimum Gasteiger partial charge on any atom is -0.451 e. The van der Waals surface area contributed by atoms with Crippen LogP contribution < -0.4 is 5.32 Å². The molecule has 3 aromatic rings. The van der Waals surface area contributed by atoms with Crippen LogP contribution in [0.3, 0.4) is 0 Å². The number of esters is 1. The van der Waals surface area contributed by atoms with Crippen molar-refractivity contribution in [2.75, 3.05) is 11.9 Å². The third-order valence-electron chi connectivity index (χ3n) is 4.97. The van der Waals surface area contributed by atoms with E-state index in [9.17, 15) is 9.59 Å². The summed E-state index contributed by atoms with van der Waals surface area (Å²) in [5.41, 5.74) is 4.49. The largest absolute Gasteiger partial charge is 0.451 e. The van der Waals surface area contributed by atoms with E-state index in [1.807, 2.05) is 48.5 Å². The molecule has 0 bridgehead atoms. The van der Waals surface area contributed by atoms with E-state index in [0.717, 1.165) is 27.4 Å². The number of anilines is 1. The van der Waals surface area contributed by atoms with Gasteiger partial charge in [-0.1, -0.05) is 76.2 Å². The molecule has 0 atom stereocenters. The highest BCUT2D eigenvalue weighted by molar-refractivity contribution is 7.17. The summed E-state index contributed by atoms with van der Waals surface area (Å²) in [6.45, 7) is 9.78. The summed E-state index contributed by atoms with van der Waals surface area (Å²) < 4.78 is 5.31. The molecule has 1 aromatic heterocycles. The number of thiazole rings is 1. The molecule has 5 nitrogen and oxygen atoms in total. The molecule has 1 amide bonds. The maximum Gasteiger partial charge on any atom is 0.350 e. The number of aryl methyl sites for hydroxylation is 1. The zero-order chi connectivity index (χ0) is 22.5. The number of ether oxygens (including phenoxy) is 1. The number of aromatic nitrogens is 1. The van der Waals surface area contributed by atoms with Crippen molar-refractivity contribution >= 4 is 28.9 Å². The molecule has 162 valence electrons. The van der Waals surface area contributed by atoms with Crippen LogP contribution in [0.4, 0.5) is 5.69 Å². The molecule has 3 rings (SSSR count). The summed E-state index contributed by atoms with van der Waals surface area (Å²) in [5.74, 6) is -0.372. The number of nitrogens with zero attached hydrogens (tertiary/aromatic N) is 1. The molecule has 2 aromatic carbocycles. The van der Waals surface area contributed by atoms with Crippen LogP contribution in [-0.2, 0) is 9.53 Å². The molecule has 0 aliphatic carbocycles. The van der Waals surface area contributed by atoms with Gasteiger partial charge in [-0.05, 0) is 29.9 Å². The van der Waals surface area contributed by atoms with E-state index >= 15 is 0 Å². The topological polar surface area (TPSA) is 68.3 Å². The van der Waals surface area contributed by atoms with E-state index in [1.54, 1.807) is 6.92 Å². The predicted molar refractivity (Wildman–Crippen MR) is 126 cm³/mol. The minimum absolute atomic E-state index is 0.257. The van der Waals surface area contributed by atoms with Crippen molar-refractivity contribution in [2.45, 2.75) is 46.5 Å². The highest BCUT2D eigenvalue weighted by Gasteiger charge is 2.20. The van der Waals surface area contributed by atoms with Crippen molar-refractivity contribution in [3.8, 4) is 10.6 Å². The smallest absolute Gasteiger partial charge is 0.350 e. The van der Waals surface area contributed by atoms with Gasteiger partial charge in [-0.25, -0.2) is 9.78 Å². The van der Waals surface area contributed by atoms with Crippen LogP contribution in [-0.4, -0.2) is 23.5 Å². The first-order chi connectivity index (χ1) is 14.8. The average Bonchev–Trinajstić information content (AvgIpc) is 3.14. The standard InChI is InChI=1S/C25H28N2O3S/c1-15(2)19-12-9-13-20(16(3)4)22(19)27-21(28)14-30-25(29)23-17(5)26-24(31-23)18-10-7-6-8-11-18/h6-13,15-16H,14H2,1-5H3,(H,27,28). The minimum atomic E-state index is -0.534. The third-order valence-corrected chi connectivity index (χ3v) is 6.16. The number of nitrogens with one attached hydrogen (secondary N) is 1. The zero-order valence-electron chi connectivity index (χ0n) is 18.6.